The molecule has 25 heavy (non-hydrogen) atoms. The molecule has 2 fully saturated rings. The van der Waals surface area contributed by atoms with Gasteiger partial charge in [0.15, 0.2) is 0 Å². The SMILES string of the molecule is Cc1cc(C)c(-c2ccc(NC3CCC4CCC3N4C)nn2)c(O)c1. The summed E-state index contributed by atoms with van der Waals surface area (Å²) in [6.45, 7) is 3.97. The molecule has 0 aliphatic carbocycles. The number of nitrogens with one attached hydrogen (secondary N) is 1. The Morgan fingerprint density at radius 3 is 2.60 bits per heavy atom. The predicted octanol–water partition coefficient (Wildman–Crippen LogP) is 3.50. The van der Waals surface area contributed by atoms with Crippen molar-refractivity contribution in [2.75, 3.05) is 12.4 Å². The average molecular weight is 338 g/mol. The number of benzene rings is 1. The van der Waals surface area contributed by atoms with Crippen molar-refractivity contribution in [2.45, 2.75) is 57.7 Å². The van der Waals surface area contributed by atoms with Crippen molar-refractivity contribution in [3.8, 4) is 17.0 Å². The molecule has 2 aliphatic rings. The summed E-state index contributed by atoms with van der Waals surface area (Å²) in [6.07, 6.45) is 5.03. The average Bonchev–Trinajstić information content (AvgIpc) is 2.79. The Balaban J connectivity index is 1.53. The molecule has 2 N–H and O–H groups in total. The van der Waals surface area contributed by atoms with Gasteiger partial charge in [0, 0.05) is 23.7 Å². The second kappa shape index (κ2) is 6.30. The van der Waals surface area contributed by atoms with E-state index in [1.165, 1.54) is 25.7 Å². The highest BCUT2D eigenvalue weighted by Crippen LogP contribution is 2.36. The number of aromatic nitrogens is 2. The van der Waals surface area contributed by atoms with Crippen molar-refractivity contribution in [1.82, 2.24) is 15.1 Å². The van der Waals surface area contributed by atoms with Crippen molar-refractivity contribution in [3.63, 3.8) is 0 Å². The summed E-state index contributed by atoms with van der Waals surface area (Å²) in [7, 11) is 2.24. The van der Waals surface area contributed by atoms with Gasteiger partial charge in [0.05, 0.1) is 5.69 Å². The minimum atomic E-state index is 0.262. The van der Waals surface area contributed by atoms with E-state index < -0.39 is 0 Å². The van der Waals surface area contributed by atoms with Gasteiger partial charge >= 0.3 is 0 Å². The molecule has 1 aromatic heterocycles. The van der Waals surface area contributed by atoms with Crippen LogP contribution < -0.4 is 5.32 Å². The first-order valence-electron chi connectivity index (χ1n) is 9.15. The standard InChI is InChI=1S/C20H26N4O/c1-12-10-13(2)20(18(25)11-12)16-7-9-19(23-22-16)21-15-6-4-14-5-8-17(15)24(14)3/h7,9-11,14-15,17,25H,4-6,8H2,1-3H3,(H,21,23). The largest absolute Gasteiger partial charge is 0.507 e. The fourth-order valence-corrected chi connectivity index (χ4v) is 4.62. The van der Waals surface area contributed by atoms with Gasteiger partial charge in [0.25, 0.3) is 0 Å². The van der Waals surface area contributed by atoms with Crippen molar-refractivity contribution < 1.29 is 5.11 Å². The van der Waals surface area contributed by atoms with Crippen LogP contribution in [-0.4, -0.2) is 45.4 Å². The molecule has 3 atom stereocenters. The fourth-order valence-electron chi connectivity index (χ4n) is 4.62. The smallest absolute Gasteiger partial charge is 0.148 e. The highest BCUT2D eigenvalue weighted by Gasteiger charge is 2.40. The van der Waals surface area contributed by atoms with Crippen LogP contribution >= 0.6 is 0 Å². The molecule has 0 saturated carbocycles. The van der Waals surface area contributed by atoms with Gasteiger partial charge in [-0.3, -0.25) is 4.90 Å². The first-order chi connectivity index (χ1) is 12.0. The molecule has 5 heteroatoms. The number of hydrogen-bond donors (Lipinski definition) is 2. The Morgan fingerprint density at radius 2 is 1.88 bits per heavy atom. The summed E-state index contributed by atoms with van der Waals surface area (Å²) in [5.74, 6) is 1.08. The van der Waals surface area contributed by atoms with E-state index in [2.05, 4.69) is 33.5 Å². The van der Waals surface area contributed by atoms with Gasteiger partial charge < -0.3 is 10.4 Å². The lowest BCUT2D eigenvalue weighted by Gasteiger charge is -2.38. The second-order valence-corrected chi connectivity index (χ2v) is 7.57. The molecular formula is C20H26N4O. The summed E-state index contributed by atoms with van der Waals surface area (Å²) < 4.78 is 0. The van der Waals surface area contributed by atoms with Gasteiger partial charge in [-0.1, -0.05) is 6.07 Å². The van der Waals surface area contributed by atoms with E-state index in [0.29, 0.717) is 17.8 Å². The first kappa shape index (κ1) is 16.3. The molecule has 4 rings (SSSR count). The second-order valence-electron chi connectivity index (χ2n) is 7.57. The predicted molar refractivity (Wildman–Crippen MR) is 99.8 cm³/mol. The molecule has 5 nitrogen and oxygen atoms in total. The minimum Gasteiger partial charge on any atom is -0.507 e. The molecule has 2 aromatic rings. The van der Waals surface area contributed by atoms with Crippen molar-refractivity contribution in [2.24, 2.45) is 0 Å². The third kappa shape index (κ3) is 2.97. The normalized spacial score (nSPS) is 26.0. The van der Waals surface area contributed by atoms with Gasteiger partial charge in [-0.25, -0.2) is 0 Å². The molecule has 3 unspecified atom stereocenters. The van der Waals surface area contributed by atoms with Crippen LogP contribution in [0.4, 0.5) is 5.82 Å². The van der Waals surface area contributed by atoms with Crippen LogP contribution in [0.1, 0.15) is 36.8 Å². The fraction of sp³-hybridized carbons (Fsp3) is 0.500. The number of fused-ring (bicyclic) bond motifs is 2. The Bertz CT molecular complexity index is 751. The topological polar surface area (TPSA) is 61.3 Å². The van der Waals surface area contributed by atoms with Crippen LogP contribution in [0.15, 0.2) is 24.3 Å². The number of likely N-dealkylation sites (N-methyl/N-ethyl adjacent to an activating group) is 1. The Morgan fingerprint density at radius 1 is 1.08 bits per heavy atom. The van der Waals surface area contributed by atoms with Gasteiger partial charge in [-0.15, -0.1) is 10.2 Å². The molecule has 132 valence electrons. The van der Waals surface area contributed by atoms with Crippen molar-refractivity contribution in [1.29, 1.82) is 0 Å². The zero-order chi connectivity index (χ0) is 17.6. The lowest BCUT2D eigenvalue weighted by atomic mass is 9.98. The molecule has 0 radical (unpaired) electrons. The molecule has 3 heterocycles. The third-order valence-corrected chi connectivity index (χ3v) is 5.88. The molecular weight excluding hydrogens is 312 g/mol. The molecule has 2 bridgehead atoms. The number of aromatic hydroxyl groups is 1. The molecule has 1 aromatic carbocycles. The number of nitrogens with zero attached hydrogens (tertiary/aromatic N) is 3. The van der Waals surface area contributed by atoms with Crippen LogP contribution in [0.3, 0.4) is 0 Å². The van der Waals surface area contributed by atoms with Gasteiger partial charge in [-0.05, 0) is 75.9 Å². The zero-order valence-corrected chi connectivity index (χ0v) is 15.2. The third-order valence-electron chi connectivity index (χ3n) is 5.88. The van der Waals surface area contributed by atoms with Crippen molar-refractivity contribution in [3.05, 3.63) is 35.4 Å². The van der Waals surface area contributed by atoms with E-state index in [1.807, 2.05) is 26.0 Å². The van der Waals surface area contributed by atoms with Crippen molar-refractivity contribution >= 4 is 5.82 Å². The van der Waals surface area contributed by atoms with Gasteiger partial charge in [-0.2, -0.15) is 0 Å². The van der Waals surface area contributed by atoms with Crippen LogP contribution in [0.2, 0.25) is 0 Å². The lowest BCUT2D eigenvalue weighted by molar-refractivity contribution is 0.165. The summed E-state index contributed by atoms with van der Waals surface area (Å²) >= 11 is 0. The highest BCUT2D eigenvalue weighted by molar-refractivity contribution is 5.71. The first-order valence-corrected chi connectivity index (χ1v) is 9.15. The number of aryl methyl sites for hydroxylation is 2. The lowest BCUT2D eigenvalue weighted by Crippen LogP contribution is -2.48. The molecule has 2 aliphatic heterocycles. The summed E-state index contributed by atoms with van der Waals surface area (Å²) in [4.78, 5) is 2.52. The molecule has 0 amide bonds. The van der Waals surface area contributed by atoms with E-state index in [-0.39, 0.29) is 5.75 Å². The van der Waals surface area contributed by atoms with E-state index in [4.69, 9.17) is 0 Å². The number of piperidine rings is 1. The monoisotopic (exact) mass is 338 g/mol. The number of phenolic OH excluding ortho intramolecular Hbond substituents is 1. The number of hydrogen-bond acceptors (Lipinski definition) is 5. The number of rotatable bonds is 3. The van der Waals surface area contributed by atoms with E-state index >= 15 is 0 Å². The molecule has 0 spiro atoms. The Kier molecular flexibility index (Phi) is 4.12. The van der Waals surface area contributed by atoms with Crippen LogP contribution in [-0.2, 0) is 0 Å². The van der Waals surface area contributed by atoms with Crippen LogP contribution in [0.25, 0.3) is 11.3 Å². The molecule has 2 saturated heterocycles. The van der Waals surface area contributed by atoms with Crippen LogP contribution in [0, 0.1) is 13.8 Å². The maximum absolute atomic E-state index is 10.3. The Labute approximate surface area is 149 Å². The van der Waals surface area contributed by atoms with Gasteiger partial charge in [0.1, 0.15) is 11.6 Å². The van der Waals surface area contributed by atoms with Crippen LogP contribution in [0.5, 0.6) is 5.75 Å². The number of anilines is 1. The minimum absolute atomic E-state index is 0.262. The highest BCUT2D eigenvalue weighted by atomic mass is 16.3. The number of phenols is 1. The maximum Gasteiger partial charge on any atom is 0.148 e. The maximum atomic E-state index is 10.3. The van der Waals surface area contributed by atoms with Gasteiger partial charge in [0.2, 0.25) is 0 Å². The summed E-state index contributed by atoms with van der Waals surface area (Å²) in [5.41, 5.74) is 3.53. The van der Waals surface area contributed by atoms with E-state index in [9.17, 15) is 5.11 Å². The quantitative estimate of drug-likeness (QED) is 0.897. The summed E-state index contributed by atoms with van der Waals surface area (Å²) in [5, 5.41) is 22.6. The Hall–Kier alpha value is -2.14. The van der Waals surface area contributed by atoms with E-state index in [1.54, 1.807) is 6.07 Å². The summed E-state index contributed by atoms with van der Waals surface area (Å²) in [6, 6.07) is 9.55. The zero-order valence-electron chi connectivity index (χ0n) is 15.2. The van der Waals surface area contributed by atoms with E-state index in [0.717, 1.165) is 28.6 Å².